The Bertz CT molecular complexity index is 432. The van der Waals surface area contributed by atoms with Gasteiger partial charge in [0.15, 0.2) is 0 Å². The third-order valence-corrected chi connectivity index (χ3v) is 6.03. The second-order valence-electron chi connectivity index (χ2n) is 9.14. The molecule has 0 aliphatic heterocycles. The van der Waals surface area contributed by atoms with Crippen LogP contribution in [-0.2, 0) is 14.3 Å². The van der Waals surface area contributed by atoms with Crippen LogP contribution in [0.4, 0.5) is 0 Å². The summed E-state index contributed by atoms with van der Waals surface area (Å²) < 4.78 is 5.85. The van der Waals surface area contributed by atoms with E-state index in [-0.39, 0.29) is 12.1 Å². The molecule has 0 heterocycles. The average Bonchev–Trinajstić information content (AvgIpc) is 2.66. The van der Waals surface area contributed by atoms with Gasteiger partial charge in [-0.15, -0.1) is 0 Å². The van der Waals surface area contributed by atoms with Gasteiger partial charge < -0.3 is 9.84 Å². The van der Waals surface area contributed by atoms with Crippen molar-refractivity contribution >= 4 is 11.9 Å². The van der Waals surface area contributed by atoms with Gasteiger partial charge in [0.1, 0.15) is 6.10 Å². The summed E-state index contributed by atoms with van der Waals surface area (Å²) in [7, 11) is 0. The molecule has 1 saturated carbocycles. The zero-order chi connectivity index (χ0) is 20.8. The summed E-state index contributed by atoms with van der Waals surface area (Å²) in [5.41, 5.74) is 0. The number of rotatable bonds is 15. The van der Waals surface area contributed by atoms with Crippen LogP contribution in [0, 0.1) is 17.8 Å². The molecule has 0 aromatic rings. The van der Waals surface area contributed by atoms with Gasteiger partial charge in [-0.1, -0.05) is 85.0 Å². The van der Waals surface area contributed by atoms with E-state index in [9.17, 15) is 14.7 Å². The van der Waals surface area contributed by atoms with Crippen molar-refractivity contribution in [2.24, 2.45) is 17.8 Å². The van der Waals surface area contributed by atoms with Crippen molar-refractivity contribution in [2.45, 2.75) is 123 Å². The lowest BCUT2D eigenvalue weighted by Crippen LogP contribution is -2.35. The number of unbranched alkanes of at least 4 members (excludes halogenated alkanes) is 8. The third kappa shape index (κ3) is 10.5. The van der Waals surface area contributed by atoms with Crippen molar-refractivity contribution in [1.29, 1.82) is 0 Å². The van der Waals surface area contributed by atoms with Gasteiger partial charge in [-0.05, 0) is 38.0 Å². The lowest BCUT2D eigenvalue weighted by atomic mass is 9.79. The number of hydrogen-bond donors (Lipinski definition) is 1. The predicted octanol–water partition coefficient (Wildman–Crippen LogP) is 6.76. The zero-order valence-corrected chi connectivity index (χ0v) is 18.6. The first-order valence-electron chi connectivity index (χ1n) is 11.9. The van der Waals surface area contributed by atoms with E-state index in [0.29, 0.717) is 18.8 Å². The van der Waals surface area contributed by atoms with Crippen molar-refractivity contribution in [3.8, 4) is 0 Å². The molecule has 0 radical (unpaired) electrons. The Morgan fingerprint density at radius 2 is 1.43 bits per heavy atom. The van der Waals surface area contributed by atoms with E-state index in [1.54, 1.807) is 0 Å². The summed E-state index contributed by atoms with van der Waals surface area (Å²) in [6, 6.07) is 0. The Kier molecular flexibility index (Phi) is 13.3. The summed E-state index contributed by atoms with van der Waals surface area (Å²) in [6.45, 7) is 6.55. The number of ether oxygens (including phenoxy) is 1. The van der Waals surface area contributed by atoms with Gasteiger partial charge in [-0.25, -0.2) is 0 Å². The Labute approximate surface area is 172 Å². The molecule has 3 atom stereocenters. The van der Waals surface area contributed by atoms with Gasteiger partial charge in [0.2, 0.25) is 0 Å². The monoisotopic (exact) mass is 396 g/mol. The van der Waals surface area contributed by atoms with Crippen LogP contribution in [0.15, 0.2) is 0 Å². The molecule has 1 rings (SSSR count). The standard InChI is InChI=1S/C24H44O4/c1-4-5-6-7-8-9-10-11-12-15-20(18-19(2)3)28-24(27)22-17-14-13-16-21(22)23(25)26/h19-22H,4-18H2,1-3H3,(H,25,26). The molecule has 1 N–H and O–H groups in total. The van der Waals surface area contributed by atoms with Crippen LogP contribution < -0.4 is 0 Å². The summed E-state index contributed by atoms with van der Waals surface area (Å²) in [6.07, 6.45) is 16.3. The first-order chi connectivity index (χ1) is 13.5. The molecule has 1 fully saturated rings. The van der Waals surface area contributed by atoms with Crippen molar-refractivity contribution in [3.63, 3.8) is 0 Å². The van der Waals surface area contributed by atoms with Crippen LogP contribution in [0.25, 0.3) is 0 Å². The maximum atomic E-state index is 12.7. The molecule has 0 amide bonds. The Morgan fingerprint density at radius 3 is 1.96 bits per heavy atom. The topological polar surface area (TPSA) is 63.6 Å². The number of carbonyl (C=O) groups is 2. The molecule has 164 valence electrons. The molecule has 0 spiro atoms. The first-order valence-corrected chi connectivity index (χ1v) is 11.9. The van der Waals surface area contributed by atoms with E-state index in [1.807, 2.05) is 0 Å². The van der Waals surface area contributed by atoms with E-state index >= 15 is 0 Å². The van der Waals surface area contributed by atoms with Crippen LogP contribution in [0.1, 0.15) is 117 Å². The van der Waals surface area contributed by atoms with Crippen molar-refractivity contribution in [3.05, 3.63) is 0 Å². The second kappa shape index (κ2) is 14.9. The molecule has 28 heavy (non-hydrogen) atoms. The molecule has 1 aliphatic rings. The Morgan fingerprint density at radius 1 is 0.893 bits per heavy atom. The Hall–Kier alpha value is -1.06. The van der Waals surface area contributed by atoms with E-state index in [2.05, 4.69) is 20.8 Å². The SMILES string of the molecule is CCCCCCCCCCCC(CC(C)C)OC(=O)C1CCCCC1C(=O)O. The summed E-state index contributed by atoms with van der Waals surface area (Å²) in [5, 5.41) is 9.42. The molecule has 0 aromatic heterocycles. The number of carbonyl (C=O) groups excluding carboxylic acids is 1. The minimum absolute atomic E-state index is 0.0616. The van der Waals surface area contributed by atoms with Gasteiger partial charge in [0, 0.05) is 0 Å². The van der Waals surface area contributed by atoms with Crippen molar-refractivity contribution in [2.75, 3.05) is 0 Å². The van der Waals surface area contributed by atoms with Crippen LogP contribution in [-0.4, -0.2) is 23.1 Å². The lowest BCUT2D eigenvalue weighted by molar-refractivity contribution is -0.164. The highest BCUT2D eigenvalue weighted by Crippen LogP contribution is 2.32. The third-order valence-electron chi connectivity index (χ3n) is 6.03. The van der Waals surface area contributed by atoms with E-state index < -0.39 is 17.8 Å². The minimum Gasteiger partial charge on any atom is -0.481 e. The largest absolute Gasteiger partial charge is 0.481 e. The van der Waals surface area contributed by atoms with Gasteiger partial charge in [-0.2, -0.15) is 0 Å². The number of esters is 1. The molecule has 0 aromatic carbocycles. The maximum Gasteiger partial charge on any atom is 0.310 e. The molecular formula is C24H44O4. The second-order valence-corrected chi connectivity index (χ2v) is 9.14. The quantitative estimate of drug-likeness (QED) is 0.245. The fraction of sp³-hybridized carbons (Fsp3) is 0.917. The lowest BCUT2D eigenvalue weighted by Gasteiger charge is -2.29. The van der Waals surface area contributed by atoms with Crippen molar-refractivity contribution in [1.82, 2.24) is 0 Å². The highest BCUT2D eigenvalue weighted by molar-refractivity contribution is 5.81. The van der Waals surface area contributed by atoms with Gasteiger partial charge in [0.05, 0.1) is 11.8 Å². The van der Waals surface area contributed by atoms with Gasteiger partial charge in [-0.3, -0.25) is 9.59 Å². The summed E-state index contributed by atoms with van der Waals surface area (Å²) in [5.74, 6) is -1.66. The number of carboxylic acid groups (broad SMARTS) is 1. The molecule has 0 bridgehead atoms. The number of hydrogen-bond acceptors (Lipinski definition) is 3. The molecule has 4 nitrogen and oxygen atoms in total. The van der Waals surface area contributed by atoms with Crippen LogP contribution in [0.2, 0.25) is 0 Å². The fourth-order valence-corrected chi connectivity index (χ4v) is 4.39. The number of aliphatic carboxylic acids is 1. The number of carboxylic acids is 1. The minimum atomic E-state index is -0.846. The van der Waals surface area contributed by atoms with E-state index in [4.69, 9.17) is 4.74 Å². The van der Waals surface area contributed by atoms with E-state index in [1.165, 1.54) is 51.4 Å². The molecular weight excluding hydrogens is 352 g/mol. The highest BCUT2D eigenvalue weighted by Gasteiger charge is 2.37. The normalized spacial score (nSPS) is 20.9. The van der Waals surface area contributed by atoms with Crippen LogP contribution in [0.5, 0.6) is 0 Å². The average molecular weight is 397 g/mol. The maximum absolute atomic E-state index is 12.7. The smallest absolute Gasteiger partial charge is 0.310 e. The van der Waals surface area contributed by atoms with Crippen LogP contribution >= 0.6 is 0 Å². The fourth-order valence-electron chi connectivity index (χ4n) is 4.39. The van der Waals surface area contributed by atoms with Crippen LogP contribution in [0.3, 0.4) is 0 Å². The van der Waals surface area contributed by atoms with E-state index in [0.717, 1.165) is 32.1 Å². The zero-order valence-electron chi connectivity index (χ0n) is 18.6. The molecule has 1 aliphatic carbocycles. The summed E-state index contributed by atoms with van der Waals surface area (Å²) >= 11 is 0. The van der Waals surface area contributed by atoms with Gasteiger partial charge in [0.25, 0.3) is 0 Å². The summed E-state index contributed by atoms with van der Waals surface area (Å²) in [4.78, 5) is 24.2. The molecule has 0 saturated heterocycles. The Balaban J connectivity index is 2.35. The van der Waals surface area contributed by atoms with Crippen molar-refractivity contribution < 1.29 is 19.4 Å². The highest BCUT2D eigenvalue weighted by atomic mass is 16.5. The predicted molar refractivity (Wildman–Crippen MR) is 114 cm³/mol. The first kappa shape index (κ1) is 25.0. The molecule has 4 heteroatoms. The molecule has 3 unspecified atom stereocenters. The van der Waals surface area contributed by atoms with Gasteiger partial charge >= 0.3 is 11.9 Å².